The maximum Gasteiger partial charge on any atom is 0.220 e. The van der Waals surface area contributed by atoms with Gasteiger partial charge in [0.1, 0.15) is 12.0 Å². The fraction of sp³-hybridized carbons (Fsp3) is 0.588. The Bertz CT molecular complexity index is 871. The summed E-state index contributed by atoms with van der Waals surface area (Å²) in [5.41, 5.74) is 0.426. The Kier molecular flexibility index (Phi) is 7.03. The van der Waals surface area contributed by atoms with Crippen molar-refractivity contribution in [3.05, 3.63) is 34.1 Å². The highest BCUT2D eigenvalue weighted by atomic mass is 32.2. The molecule has 0 aromatic carbocycles. The normalized spacial score (nSPS) is 16.5. The lowest BCUT2D eigenvalue weighted by molar-refractivity contribution is 0.260. The lowest BCUT2D eigenvalue weighted by Crippen LogP contribution is -2.54. The van der Waals surface area contributed by atoms with Crippen LogP contribution in [0.2, 0.25) is 0 Å². The van der Waals surface area contributed by atoms with Gasteiger partial charge in [0.25, 0.3) is 0 Å². The summed E-state index contributed by atoms with van der Waals surface area (Å²) in [6, 6.07) is 1.58. The number of thiazole rings is 1. The van der Waals surface area contributed by atoms with E-state index in [1.165, 1.54) is 15.4 Å². The molecule has 0 bridgehead atoms. The molecule has 0 spiro atoms. The van der Waals surface area contributed by atoms with Gasteiger partial charge in [0.05, 0.1) is 10.7 Å². The topological polar surface area (TPSA) is 104 Å². The summed E-state index contributed by atoms with van der Waals surface area (Å²) in [6.07, 6.45) is 4.07. The van der Waals surface area contributed by atoms with Gasteiger partial charge in [-0.05, 0) is 13.8 Å². The number of guanidine groups is 1. The fourth-order valence-corrected chi connectivity index (χ4v) is 5.17. The predicted octanol–water partition coefficient (Wildman–Crippen LogP) is 1.10. The van der Waals surface area contributed by atoms with Crippen LogP contribution in [-0.4, -0.2) is 73.0 Å². The molecule has 9 nitrogen and oxygen atoms in total. The van der Waals surface area contributed by atoms with E-state index in [1.807, 2.05) is 20.0 Å². The van der Waals surface area contributed by atoms with E-state index in [1.54, 1.807) is 17.4 Å². The van der Waals surface area contributed by atoms with Crippen LogP contribution >= 0.6 is 11.3 Å². The van der Waals surface area contributed by atoms with Gasteiger partial charge in [0.15, 0.2) is 5.96 Å². The van der Waals surface area contributed by atoms with Gasteiger partial charge in [-0.1, -0.05) is 5.16 Å². The van der Waals surface area contributed by atoms with Gasteiger partial charge in [-0.15, -0.1) is 11.3 Å². The SMILES string of the molecule is CCNC(=NCCc1ncc(C)s1)N1CCN(S(=O)(=O)Cc2ccon2)CC1. The first kappa shape index (κ1) is 20.7. The number of nitrogens with zero attached hydrogens (tertiary/aromatic N) is 5. The van der Waals surface area contributed by atoms with Gasteiger partial charge in [-0.2, -0.15) is 4.31 Å². The van der Waals surface area contributed by atoms with Gasteiger partial charge in [-0.3, -0.25) is 4.99 Å². The molecule has 3 heterocycles. The molecule has 0 aliphatic carbocycles. The number of aryl methyl sites for hydroxylation is 1. The number of sulfonamides is 1. The first-order valence-electron chi connectivity index (χ1n) is 9.29. The number of aromatic nitrogens is 2. The Balaban J connectivity index is 1.55. The van der Waals surface area contributed by atoms with Crippen LogP contribution in [0.25, 0.3) is 0 Å². The van der Waals surface area contributed by atoms with Crippen molar-refractivity contribution in [1.82, 2.24) is 24.7 Å². The molecule has 2 aromatic heterocycles. The molecule has 154 valence electrons. The molecule has 0 atom stereocenters. The third-order valence-corrected chi connectivity index (χ3v) is 7.13. The van der Waals surface area contributed by atoms with E-state index in [4.69, 9.17) is 9.52 Å². The van der Waals surface area contributed by atoms with Crippen molar-refractivity contribution in [1.29, 1.82) is 0 Å². The van der Waals surface area contributed by atoms with E-state index in [9.17, 15) is 8.42 Å². The fourth-order valence-electron chi connectivity index (χ4n) is 2.97. The molecule has 28 heavy (non-hydrogen) atoms. The number of piperazine rings is 1. The predicted molar refractivity (Wildman–Crippen MR) is 109 cm³/mol. The highest BCUT2D eigenvalue weighted by Gasteiger charge is 2.28. The molecule has 1 fully saturated rings. The average molecular weight is 427 g/mol. The van der Waals surface area contributed by atoms with Gasteiger partial charge < -0.3 is 14.7 Å². The van der Waals surface area contributed by atoms with Gasteiger partial charge in [0, 0.05) is 62.8 Å². The molecule has 3 rings (SSSR count). The van der Waals surface area contributed by atoms with Crippen molar-refractivity contribution in [2.75, 3.05) is 39.3 Å². The summed E-state index contributed by atoms with van der Waals surface area (Å²) < 4.78 is 31.4. The van der Waals surface area contributed by atoms with Crippen LogP contribution in [0.15, 0.2) is 28.0 Å². The summed E-state index contributed by atoms with van der Waals surface area (Å²) in [7, 11) is -3.40. The van der Waals surface area contributed by atoms with Crippen LogP contribution in [0.4, 0.5) is 0 Å². The smallest absolute Gasteiger partial charge is 0.220 e. The van der Waals surface area contributed by atoms with E-state index in [0.717, 1.165) is 23.9 Å². The summed E-state index contributed by atoms with van der Waals surface area (Å²) >= 11 is 1.69. The molecule has 1 saturated heterocycles. The average Bonchev–Trinajstić information content (AvgIpc) is 3.32. The highest BCUT2D eigenvalue weighted by Crippen LogP contribution is 2.14. The maximum atomic E-state index is 12.6. The first-order valence-corrected chi connectivity index (χ1v) is 11.7. The van der Waals surface area contributed by atoms with Crippen molar-refractivity contribution in [3.8, 4) is 0 Å². The second-order valence-electron chi connectivity index (χ2n) is 6.48. The summed E-state index contributed by atoms with van der Waals surface area (Å²) in [4.78, 5) is 12.4. The third-order valence-electron chi connectivity index (χ3n) is 4.34. The summed E-state index contributed by atoms with van der Waals surface area (Å²) in [6.45, 7) is 7.54. The Hall–Kier alpha value is -1.98. The Labute approximate surface area is 169 Å². The molecular formula is C17H26N6O3S2. The number of hydrogen-bond acceptors (Lipinski definition) is 7. The second kappa shape index (κ2) is 9.48. The quantitative estimate of drug-likeness (QED) is 0.522. The molecule has 1 aliphatic heterocycles. The van der Waals surface area contributed by atoms with Crippen LogP contribution in [-0.2, 0) is 22.2 Å². The summed E-state index contributed by atoms with van der Waals surface area (Å²) in [5, 5.41) is 8.09. The van der Waals surface area contributed by atoms with Crippen LogP contribution in [0.1, 0.15) is 22.5 Å². The monoisotopic (exact) mass is 426 g/mol. The largest absolute Gasteiger partial charge is 0.364 e. The zero-order valence-electron chi connectivity index (χ0n) is 16.2. The number of aliphatic imine (C=N–C) groups is 1. The highest BCUT2D eigenvalue weighted by molar-refractivity contribution is 7.88. The van der Waals surface area contributed by atoms with Crippen molar-refractivity contribution in [3.63, 3.8) is 0 Å². The molecule has 0 radical (unpaired) electrons. The number of nitrogens with one attached hydrogen (secondary N) is 1. The minimum absolute atomic E-state index is 0.134. The van der Waals surface area contributed by atoms with E-state index >= 15 is 0 Å². The van der Waals surface area contributed by atoms with E-state index < -0.39 is 10.0 Å². The number of rotatable bonds is 7. The third kappa shape index (κ3) is 5.52. The Morgan fingerprint density at radius 2 is 2.14 bits per heavy atom. The minimum atomic E-state index is -3.40. The van der Waals surface area contributed by atoms with Crippen molar-refractivity contribution >= 4 is 27.3 Å². The van der Waals surface area contributed by atoms with Crippen LogP contribution in [0.3, 0.4) is 0 Å². The zero-order chi connectivity index (χ0) is 20.0. The van der Waals surface area contributed by atoms with Crippen LogP contribution in [0, 0.1) is 6.92 Å². The summed E-state index contributed by atoms with van der Waals surface area (Å²) in [5.74, 6) is 0.689. The van der Waals surface area contributed by atoms with Crippen LogP contribution < -0.4 is 5.32 Å². The standard InChI is InChI=1S/C17H26N6O3S2/c1-3-18-17(19-6-4-16-20-12-14(2)27-16)22-7-9-23(10-8-22)28(24,25)13-15-5-11-26-21-15/h5,11-12H,3-4,6-10,13H2,1-2H3,(H,18,19). The van der Waals surface area contributed by atoms with E-state index in [2.05, 4.69) is 20.4 Å². The lowest BCUT2D eigenvalue weighted by atomic mass is 10.4. The Morgan fingerprint density at radius 1 is 1.36 bits per heavy atom. The molecule has 0 amide bonds. The van der Waals surface area contributed by atoms with Gasteiger partial charge in [-0.25, -0.2) is 13.4 Å². The molecule has 0 unspecified atom stereocenters. The van der Waals surface area contributed by atoms with Crippen molar-refractivity contribution in [2.45, 2.75) is 26.0 Å². The van der Waals surface area contributed by atoms with E-state index in [0.29, 0.717) is 38.4 Å². The van der Waals surface area contributed by atoms with Gasteiger partial charge in [0.2, 0.25) is 10.0 Å². The molecule has 11 heteroatoms. The second-order valence-corrected chi connectivity index (χ2v) is 9.77. The molecule has 2 aromatic rings. The van der Waals surface area contributed by atoms with Crippen molar-refractivity contribution in [2.24, 2.45) is 4.99 Å². The molecule has 0 saturated carbocycles. The zero-order valence-corrected chi connectivity index (χ0v) is 17.8. The molecular weight excluding hydrogens is 400 g/mol. The Morgan fingerprint density at radius 3 is 2.75 bits per heavy atom. The van der Waals surface area contributed by atoms with E-state index in [-0.39, 0.29) is 5.75 Å². The maximum absolute atomic E-state index is 12.6. The molecule has 1 aliphatic rings. The van der Waals surface area contributed by atoms with Gasteiger partial charge >= 0.3 is 0 Å². The van der Waals surface area contributed by atoms with Crippen LogP contribution in [0.5, 0.6) is 0 Å². The first-order chi connectivity index (χ1) is 13.5. The van der Waals surface area contributed by atoms with Crippen molar-refractivity contribution < 1.29 is 12.9 Å². The number of hydrogen-bond donors (Lipinski definition) is 1. The lowest BCUT2D eigenvalue weighted by Gasteiger charge is -2.35. The minimum Gasteiger partial charge on any atom is -0.364 e. The molecule has 1 N–H and O–H groups in total.